The standard InChI is InChI=1S/C9H15O6P.ClH/c10-7(11)1-4-16(5-2-8(12)13)6-3-9(14)15;/h1-6H2,(H,10,11)(H,12,13)(H,14,15);1H/i1D2,2D2,3D2,4D2,5D2,6D2;/hD4. The van der Waals surface area contributed by atoms with Crippen LogP contribution in [0, 0.1) is 0 Å². The van der Waals surface area contributed by atoms with Crippen LogP contribution in [0.15, 0.2) is 0 Å². The van der Waals surface area contributed by atoms with Gasteiger partial charge in [0.15, 0.2) is 0 Å². The molecule has 3 N–H and O–H groups in total. The van der Waals surface area contributed by atoms with Crippen molar-refractivity contribution in [3.63, 3.8) is 0 Å². The van der Waals surface area contributed by atoms with E-state index in [0.29, 0.717) is 0 Å². The summed E-state index contributed by atoms with van der Waals surface area (Å²) < 4.78 is 117. The molecular weight excluding hydrogens is 271 g/mol. The van der Waals surface area contributed by atoms with Gasteiger partial charge in [-0.15, -0.1) is 20.2 Å². The lowest BCUT2D eigenvalue weighted by Crippen LogP contribution is -2.07. The molecule has 0 bridgehead atoms. The molecule has 0 amide bonds. The third kappa shape index (κ3) is 13.1. The van der Waals surface area contributed by atoms with E-state index < -0.39 is 63.3 Å². The van der Waals surface area contributed by atoms with Crippen molar-refractivity contribution in [2.45, 2.75) is 19.1 Å². The number of hydrogen-bond acceptors (Lipinski definition) is 6. The first-order valence-electron chi connectivity index (χ1n) is 11.0. The second kappa shape index (κ2) is 10.3. The molecule has 0 aliphatic carbocycles. The molecule has 0 fully saturated rings. The van der Waals surface area contributed by atoms with Crippen LogP contribution in [0.4, 0.5) is 0 Å². The van der Waals surface area contributed by atoms with Gasteiger partial charge in [0.1, 0.15) is 1.17 Å². The van der Waals surface area contributed by atoms with Gasteiger partial charge in [-0.05, 0) is 18.3 Å². The van der Waals surface area contributed by atoms with Gasteiger partial charge in [-0.2, -0.15) is 0 Å². The predicted molar refractivity (Wildman–Crippen MR) is 65.5 cm³/mol. The van der Waals surface area contributed by atoms with E-state index in [1.807, 2.05) is 0 Å². The molecule has 0 aliphatic heterocycles. The van der Waals surface area contributed by atoms with E-state index in [1.54, 1.807) is 0 Å². The van der Waals surface area contributed by atoms with E-state index in [-0.39, 0.29) is 0 Å². The largest absolute Gasteiger partial charge is 0.481 e. The molecule has 0 aliphatic rings. The van der Waals surface area contributed by atoms with Crippen LogP contribution in [0.25, 0.3) is 4.29 Å². The Bertz CT molecular complexity index is 636. The van der Waals surface area contributed by atoms with E-state index in [9.17, 15) is 14.4 Å². The molecule has 0 rings (SSSR count). The number of carboxylic acids is 3. The number of rotatable bonds is 9. The summed E-state index contributed by atoms with van der Waals surface area (Å²) in [6.07, 6.45) is -25.3. The third-order valence-electron chi connectivity index (χ3n) is 0.809. The Labute approximate surface area is 129 Å². The maximum absolute atomic E-state index is 11.6. The zero-order valence-electron chi connectivity index (χ0n) is 23.8. The molecule has 0 atom stereocenters. The van der Waals surface area contributed by atoms with Crippen molar-refractivity contribution in [3.8, 4) is 0 Å². The molecule has 0 heterocycles. The first-order chi connectivity index (χ1) is 14.6. The van der Waals surface area contributed by atoms with Gasteiger partial charge in [0.05, 0.1) is 0 Å². The van der Waals surface area contributed by atoms with Crippen LogP contribution in [0.2, 0.25) is 0 Å². The summed E-state index contributed by atoms with van der Waals surface area (Å²) >= 11 is 3.89. The lowest BCUT2D eigenvalue weighted by atomic mass is 10.5. The first kappa shape index (κ1) is 4.07. The molecule has 0 aromatic carbocycles. The summed E-state index contributed by atoms with van der Waals surface area (Å²) in [5.41, 5.74) is 0. The molecule has 17 heavy (non-hydrogen) atoms. The van der Waals surface area contributed by atoms with Crippen molar-refractivity contribution in [3.05, 3.63) is 0 Å². The highest BCUT2D eigenvalue weighted by Gasteiger charge is 2.13. The van der Waals surface area contributed by atoms with E-state index in [2.05, 4.69) is 27.6 Å². The minimum Gasteiger partial charge on any atom is -0.481 e. The lowest BCUT2D eigenvalue weighted by Gasteiger charge is -2.14. The minimum absolute atomic E-state index is 2.36. The Morgan fingerprint density at radius 3 is 1.47 bits per heavy atom. The zero-order chi connectivity index (χ0) is 27.4. The molecule has 0 radical (unpaired) electrons. The maximum Gasteiger partial charge on any atom is 0.303 e. The fourth-order valence-electron chi connectivity index (χ4n) is 0.388. The minimum atomic E-state index is -4.65. The van der Waals surface area contributed by atoms with E-state index >= 15 is 0 Å². The molecule has 100 valence electrons. The Morgan fingerprint density at radius 1 is 0.941 bits per heavy atom. The topological polar surface area (TPSA) is 112 Å². The van der Waals surface area contributed by atoms with Crippen molar-refractivity contribution in [2.75, 3.05) is 18.3 Å². The van der Waals surface area contributed by atoms with Gasteiger partial charge in [0.2, 0.25) is 0 Å². The fraction of sp³-hybridized carbons (Fsp3) is 0.667. The number of carboxylic acid groups (broad SMARTS) is 3. The van der Waals surface area contributed by atoms with Crippen LogP contribution in [0.1, 0.15) is 35.6 Å². The second-order valence-electron chi connectivity index (χ2n) is 1.91. The average Bonchev–Trinajstić information content (AvgIpc) is 2.71. The maximum atomic E-state index is 11.6. The van der Waals surface area contributed by atoms with Gasteiger partial charge < -0.3 is 15.3 Å². The fourth-order valence-corrected chi connectivity index (χ4v) is 1.17. The van der Waals surface area contributed by atoms with E-state index in [1.165, 1.54) is 0 Å². The molecule has 8 heteroatoms. The van der Waals surface area contributed by atoms with Crippen molar-refractivity contribution in [1.82, 2.24) is 0 Å². The predicted octanol–water partition coefficient (Wildman–Crippen LogP) is 1.31. The Hall–Kier alpha value is -0.870. The number of aliphatic carboxylic acids is 3. The lowest BCUT2D eigenvalue weighted by molar-refractivity contribution is -0.137. The summed E-state index contributed by atoms with van der Waals surface area (Å²) in [5, 5.41) is 9.95. The Morgan fingerprint density at radius 2 is 1.24 bits per heavy atom. The SMILES string of the molecule is [2H]Cl.[2H]OC(=O)C([2H])([2H])C([2H])([2H])P(C([2H])([2H])C([2H])([2H])C(=O)O[2H])C([2H])([2H])C([2H])([2H])C(=O)O[2H]. The average molecular weight is 303 g/mol. The molecule has 0 saturated heterocycles. The molecule has 0 aromatic rings. The Kier molecular flexibility index (Phi) is 2.46. The van der Waals surface area contributed by atoms with Crippen LogP contribution in [-0.4, -0.2) is 52.7 Å². The van der Waals surface area contributed by atoms with Gasteiger partial charge in [-0.1, -0.05) is 0 Å². The molecule has 0 aromatic heterocycles. The molecular formula is C9H16ClO6P. The van der Waals surface area contributed by atoms with Crippen molar-refractivity contribution in [2.24, 2.45) is 0 Å². The van der Waals surface area contributed by atoms with Crippen LogP contribution >= 0.6 is 20.2 Å². The zero-order valence-corrected chi connectivity index (χ0v) is 9.43. The van der Waals surface area contributed by atoms with Gasteiger partial charge in [0.25, 0.3) is 4.29 Å². The Balaban J connectivity index is 0. The van der Waals surface area contributed by atoms with Crippen molar-refractivity contribution < 1.29 is 46.2 Å². The third-order valence-corrected chi connectivity index (χ3v) is 1.82. The van der Waals surface area contributed by atoms with Crippen LogP contribution in [0.3, 0.4) is 0 Å². The number of hydrogen-bond donors (Lipinski definition) is 3. The van der Waals surface area contributed by atoms with E-state index in [4.69, 9.17) is 21.9 Å². The van der Waals surface area contributed by atoms with Crippen molar-refractivity contribution >= 4 is 38.2 Å². The summed E-state index contributed by atoms with van der Waals surface area (Å²) in [6.45, 7) is 0. The summed E-state index contributed by atoms with van der Waals surface area (Å²) in [4.78, 5) is 34.9. The smallest absolute Gasteiger partial charge is 0.303 e. The summed E-state index contributed by atoms with van der Waals surface area (Å²) in [7, 11) is -4.65. The first-order valence-corrected chi connectivity index (χ1v) is 4.74. The molecule has 0 saturated carbocycles. The van der Waals surface area contributed by atoms with Gasteiger partial charge in [-0.3, -0.25) is 14.4 Å². The van der Waals surface area contributed by atoms with Gasteiger partial charge in [0, 0.05) is 35.6 Å². The monoisotopic (exact) mass is 302 g/mol. The quantitative estimate of drug-likeness (QED) is 0.554. The molecule has 0 spiro atoms. The summed E-state index contributed by atoms with van der Waals surface area (Å²) in [5.74, 6) is -7.07. The van der Waals surface area contributed by atoms with E-state index in [0.717, 1.165) is 0 Å². The van der Waals surface area contributed by atoms with Crippen LogP contribution in [-0.2, 0) is 14.4 Å². The van der Waals surface area contributed by atoms with Crippen LogP contribution in [0.5, 0.6) is 0 Å². The van der Waals surface area contributed by atoms with Gasteiger partial charge >= 0.3 is 17.9 Å². The number of carbonyl (C=O) groups is 3. The van der Waals surface area contributed by atoms with Gasteiger partial charge in [-0.25, -0.2) is 0 Å². The molecule has 0 unspecified atom stereocenters. The highest BCUT2D eigenvalue weighted by atomic mass is 35.5. The van der Waals surface area contributed by atoms with Crippen LogP contribution < -0.4 is 0 Å². The highest BCUT2D eigenvalue weighted by Crippen LogP contribution is 2.37. The molecule has 6 nitrogen and oxygen atoms in total. The normalized spacial score (nSPS) is 27.4. The highest BCUT2D eigenvalue weighted by molar-refractivity contribution is 7.57. The number of halogens is 1. The summed E-state index contributed by atoms with van der Waals surface area (Å²) in [6, 6.07) is 0. The van der Waals surface area contributed by atoms with Crippen molar-refractivity contribution in [1.29, 1.82) is 5.47 Å². The second-order valence-corrected chi connectivity index (χ2v) is 3.25.